The van der Waals surface area contributed by atoms with Gasteiger partial charge in [0.1, 0.15) is 21.8 Å². The summed E-state index contributed by atoms with van der Waals surface area (Å²) in [6.45, 7) is 4.14. The van der Waals surface area contributed by atoms with Crippen molar-refractivity contribution in [1.82, 2.24) is 15.6 Å². The fourth-order valence-electron chi connectivity index (χ4n) is 5.34. The summed E-state index contributed by atoms with van der Waals surface area (Å²) in [7, 11) is -3.00. The Balaban J connectivity index is 1.33. The maximum atomic E-state index is 14.6. The van der Waals surface area contributed by atoms with Crippen LogP contribution in [0.2, 0.25) is 5.02 Å². The highest BCUT2D eigenvalue weighted by Gasteiger charge is 2.26. The molecule has 0 aromatic carbocycles. The van der Waals surface area contributed by atoms with Gasteiger partial charge < -0.3 is 15.4 Å². The Kier molecular flexibility index (Phi) is 9.97. The molecule has 1 aromatic rings. The number of sulfone groups is 1. The van der Waals surface area contributed by atoms with Crippen LogP contribution in [0.1, 0.15) is 51.0 Å². The maximum absolute atomic E-state index is 14.6. The number of hydrogen-bond donors (Lipinski definition) is 3. The van der Waals surface area contributed by atoms with Crippen LogP contribution >= 0.6 is 11.6 Å². The average Bonchev–Trinajstić information content (AvgIpc) is 2.85. The summed E-state index contributed by atoms with van der Waals surface area (Å²) >= 11 is 6.48. The van der Waals surface area contributed by atoms with Gasteiger partial charge in [0, 0.05) is 55.9 Å². The van der Waals surface area contributed by atoms with Crippen LogP contribution in [0.15, 0.2) is 29.4 Å². The van der Waals surface area contributed by atoms with E-state index in [4.69, 9.17) is 16.3 Å². The highest BCUT2D eigenvalue weighted by Crippen LogP contribution is 2.26. The molecule has 2 fully saturated rings. The number of halogens is 2. The van der Waals surface area contributed by atoms with Crippen LogP contribution in [0, 0.1) is 5.92 Å². The summed E-state index contributed by atoms with van der Waals surface area (Å²) in [5.41, 5.74) is 1.37. The van der Waals surface area contributed by atoms with Gasteiger partial charge in [-0.15, -0.1) is 0 Å². The van der Waals surface area contributed by atoms with E-state index in [9.17, 15) is 12.8 Å². The van der Waals surface area contributed by atoms with E-state index in [1.807, 2.05) is 13.0 Å². The van der Waals surface area contributed by atoms with E-state index in [0.717, 1.165) is 57.3 Å². The first kappa shape index (κ1) is 28.4. The molecule has 0 spiro atoms. The number of allylic oxidation sites excluding steroid dienone is 1. The van der Waals surface area contributed by atoms with E-state index in [0.29, 0.717) is 35.1 Å². The van der Waals surface area contributed by atoms with Crippen molar-refractivity contribution in [1.29, 1.82) is 0 Å². The van der Waals surface area contributed by atoms with Crippen LogP contribution in [0.5, 0.6) is 0 Å². The fraction of sp³-hybridized carbons (Fsp3) is 0.692. The van der Waals surface area contributed by atoms with Gasteiger partial charge in [0.25, 0.3) is 0 Å². The molecule has 3 aliphatic rings. The maximum Gasteiger partial charge on any atom is 0.154 e. The predicted molar refractivity (Wildman–Crippen MR) is 147 cm³/mol. The predicted octanol–water partition coefficient (Wildman–Crippen LogP) is 3.52. The number of rotatable bonds is 10. The minimum absolute atomic E-state index is 0.0618. The van der Waals surface area contributed by atoms with E-state index >= 15 is 0 Å². The first-order valence-electron chi connectivity index (χ1n) is 13.2. The Hall–Kier alpha value is -1.59. The third-order valence-corrected chi connectivity index (χ3v) is 8.66. The third-order valence-electron chi connectivity index (χ3n) is 7.26. The van der Waals surface area contributed by atoms with Gasteiger partial charge in [-0.1, -0.05) is 11.6 Å². The van der Waals surface area contributed by atoms with Crippen LogP contribution < -0.4 is 16.0 Å². The van der Waals surface area contributed by atoms with Gasteiger partial charge in [-0.2, -0.15) is 0 Å². The zero-order valence-corrected chi connectivity index (χ0v) is 23.2. The SMILES string of the molecule is CC(CS(C)(=O)=O)NC1CCC(Nc2cc(C3=NC(NCC4CCOCC4)C(F)C=C3)c(Cl)cn2)CC1. The molecule has 3 atom stereocenters. The average molecular weight is 556 g/mol. The van der Waals surface area contributed by atoms with Crippen molar-refractivity contribution in [3.63, 3.8) is 0 Å². The molecule has 3 unspecified atom stereocenters. The van der Waals surface area contributed by atoms with Crippen molar-refractivity contribution >= 4 is 33.0 Å². The van der Waals surface area contributed by atoms with Gasteiger partial charge in [-0.25, -0.2) is 17.8 Å². The lowest BCUT2D eigenvalue weighted by atomic mass is 9.90. The first-order chi connectivity index (χ1) is 17.7. The number of alkyl halides is 1. The number of aliphatic imine (C=N–C) groups is 1. The third kappa shape index (κ3) is 8.71. The summed E-state index contributed by atoms with van der Waals surface area (Å²) < 4.78 is 43.1. The molecule has 1 aromatic heterocycles. The van der Waals surface area contributed by atoms with Crippen molar-refractivity contribution in [2.24, 2.45) is 10.9 Å². The number of dihydropyridines is 1. The van der Waals surface area contributed by atoms with Gasteiger partial charge in [-0.3, -0.25) is 10.3 Å². The van der Waals surface area contributed by atoms with Crippen LogP contribution in [0.4, 0.5) is 10.2 Å². The van der Waals surface area contributed by atoms with Gasteiger partial charge in [0.15, 0.2) is 6.17 Å². The lowest BCUT2D eigenvalue weighted by Crippen LogP contribution is -2.43. The molecule has 0 radical (unpaired) electrons. The van der Waals surface area contributed by atoms with E-state index in [1.54, 1.807) is 12.3 Å². The lowest BCUT2D eigenvalue weighted by molar-refractivity contribution is 0.0647. The van der Waals surface area contributed by atoms with Gasteiger partial charge in [0.2, 0.25) is 0 Å². The van der Waals surface area contributed by atoms with Crippen LogP contribution in [-0.4, -0.2) is 81.3 Å². The number of anilines is 1. The number of nitrogens with zero attached hydrogens (tertiary/aromatic N) is 2. The molecule has 206 valence electrons. The summed E-state index contributed by atoms with van der Waals surface area (Å²) in [5, 5.41) is 10.7. The summed E-state index contributed by atoms with van der Waals surface area (Å²) in [6.07, 6.45) is 10.1. The highest BCUT2D eigenvalue weighted by molar-refractivity contribution is 7.90. The molecule has 3 heterocycles. The molecule has 0 amide bonds. The molecular formula is C26H39ClFN5O3S. The van der Waals surface area contributed by atoms with E-state index in [1.165, 1.54) is 12.3 Å². The van der Waals surface area contributed by atoms with Crippen molar-refractivity contribution in [2.75, 3.05) is 37.1 Å². The monoisotopic (exact) mass is 555 g/mol. The van der Waals surface area contributed by atoms with Crippen molar-refractivity contribution in [3.8, 4) is 0 Å². The highest BCUT2D eigenvalue weighted by atomic mass is 35.5. The number of nitrogens with one attached hydrogen (secondary N) is 3. The Morgan fingerprint density at radius 2 is 1.86 bits per heavy atom. The van der Waals surface area contributed by atoms with Gasteiger partial charge >= 0.3 is 0 Å². The number of pyridine rings is 1. The smallest absolute Gasteiger partial charge is 0.154 e. The van der Waals surface area contributed by atoms with Crippen molar-refractivity contribution in [2.45, 2.75) is 75.9 Å². The minimum Gasteiger partial charge on any atom is -0.381 e. The number of ether oxygens (including phenoxy) is 1. The molecule has 4 rings (SSSR count). The van der Waals surface area contributed by atoms with Gasteiger partial charge in [0.05, 0.1) is 16.5 Å². The van der Waals surface area contributed by atoms with Crippen LogP contribution in [0.25, 0.3) is 0 Å². The Morgan fingerprint density at radius 3 is 2.57 bits per heavy atom. The lowest BCUT2D eigenvalue weighted by Gasteiger charge is -2.32. The fourth-order valence-corrected chi connectivity index (χ4v) is 6.54. The standard InChI is InChI=1S/C26H39ClFN5O3S/c1-17(16-37(2,34)35)31-19-3-5-20(6-4-19)32-25-13-21(22(27)15-29-25)24-8-7-23(28)26(33-24)30-14-18-9-11-36-12-10-18/h7-8,13,15,17-20,23,26,30-31H,3-6,9-12,14,16H2,1-2H3,(H,29,32). The second-order valence-electron chi connectivity index (χ2n) is 10.6. The first-order valence-corrected chi connectivity index (χ1v) is 15.7. The Bertz CT molecular complexity index is 1070. The molecule has 0 bridgehead atoms. The number of hydrogen-bond acceptors (Lipinski definition) is 8. The van der Waals surface area contributed by atoms with E-state index in [2.05, 4.69) is 25.9 Å². The Labute approximate surface area is 224 Å². The largest absolute Gasteiger partial charge is 0.381 e. The van der Waals surface area contributed by atoms with Crippen LogP contribution in [-0.2, 0) is 14.6 Å². The Morgan fingerprint density at radius 1 is 1.16 bits per heavy atom. The summed E-state index contributed by atoms with van der Waals surface area (Å²) in [6, 6.07) is 2.40. The molecular weight excluding hydrogens is 517 g/mol. The van der Waals surface area contributed by atoms with Gasteiger partial charge in [-0.05, 0) is 69.6 Å². The van der Waals surface area contributed by atoms with Crippen LogP contribution in [0.3, 0.4) is 0 Å². The summed E-state index contributed by atoms with van der Waals surface area (Å²) in [4.78, 5) is 9.11. The molecule has 1 aliphatic carbocycles. The topological polar surface area (TPSA) is 105 Å². The molecule has 37 heavy (non-hydrogen) atoms. The second-order valence-corrected chi connectivity index (χ2v) is 13.2. The molecule has 2 aliphatic heterocycles. The molecule has 3 N–H and O–H groups in total. The molecule has 1 saturated carbocycles. The zero-order valence-electron chi connectivity index (χ0n) is 21.6. The van der Waals surface area contributed by atoms with E-state index in [-0.39, 0.29) is 17.8 Å². The normalized spacial score (nSPS) is 28.1. The number of aromatic nitrogens is 1. The minimum atomic E-state index is -3.00. The van der Waals surface area contributed by atoms with Crippen molar-refractivity contribution < 1.29 is 17.5 Å². The quantitative estimate of drug-likeness (QED) is 0.406. The molecule has 8 nitrogen and oxygen atoms in total. The van der Waals surface area contributed by atoms with E-state index < -0.39 is 22.2 Å². The molecule has 11 heteroatoms. The zero-order chi connectivity index (χ0) is 26.4. The summed E-state index contributed by atoms with van der Waals surface area (Å²) in [5.74, 6) is 1.33. The molecule has 1 saturated heterocycles. The second kappa shape index (κ2) is 13.0. The van der Waals surface area contributed by atoms with Crippen molar-refractivity contribution in [3.05, 3.63) is 35.0 Å².